The molecule has 0 unspecified atom stereocenters. The van der Waals surface area contributed by atoms with E-state index in [-0.39, 0.29) is 10.5 Å². The summed E-state index contributed by atoms with van der Waals surface area (Å²) in [7, 11) is -0.863. The maximum absolute atomic E-state index is 12.6. The summed E-state index contributed by atoms with van der Waals surface area (Å²) in [5, 5.41) is 7.62. The van der Waals surface area contributed by atoms with Crippen LogP contribution in [0.3, 0.4) is 0 Å². The fraction of sp³-hybridized carbons (Fsp3) is 0.357. The van der Waals surface area contributed by atoms with Gasteiger partial charge in [0, 0.05) is 7.05 Å². The van der Waals surface area contributed by atoms with Crippen molar-refractivity contribution in [3.05, 3.63) is 41.5 Å². The van der Waals surface area contributed by atoms with Crippen LogP contribution < -0.4 is 4.72 Å². The van der Waals surface area contributed by atoms with Crippen molar-refractivity contribution in [1.29, 1.82) is 0 Å². The van der Waals surface area contributed by atoms with Crippen molar-refractivity contribution in [2.75, 3.05) is 7.11 Å². The fourth-order valence-electron chi connectivity index (χ4n) is 2.27. The Morgan fingerprint density at radius 1 is 1.39 bits per heavy atom. The lowest BCUT2D eigenvalue weighted by molar-refractivity contribution is 0.0599. The number of aryl methyl sites for hydroxylation is 1. The van der Waals surface area contributed by atoms with Crippen molar-refractivity contribution in [2.24, 2.45) is 7.05 Å². The number of nitrogens with zero attached hydrogens (tertiary/aromatic N) is 3. The molecule has 0 fully saturated rings. The average molecular weight is 338 g/mol. The number of benzene rings is 1. The highest BCUT2D eigenvalue weighted by atomic mass is 32.2. The first-order chi connectivity index (χ1) is 10.8. The SMILES string of the molecule is COC(=O)c1cccc(S(=O)(=O)N[C@@H](C)c2nncn2C)c1C. The Balaban J connectivity index is 2.37. The topological polar surface area (TPSA) is 103 Å². The third-order valence-corrected chi connectivity index (χ3v) is 5.13. The molecular formula is C14H18N4O4S. The van der Waals surface area contributed by atoms with E-state index in [0.29, 0.717) is 11.4 Å². The molecule has 23 heavy (non-hydrogen) atoms. The molecule has 0 radical (unpaired) electrons. The number of carbonyl (C=O) groups is 1. The van der Waals surface area contributed by atoms with Crippen LogP contribution in [0.1, 0.15) is 34.7 Å². The number of hydrogen-bond acceptors (Lipinski definition) is 6. The summed E-state index contributed by atoms with van der Waals surface area (Å²) in [5.41, 5.74) is 0.540. The normalized spacial score (nSPS) is 12.9. The monoisotopic (exact) mass is 338 g/mol. The first-order valence-corrected chi connectivity index (χ1v) is 8.30. The zero-order valence-electron chi connectivity index (χ0n) is 13.3. The maximum atomic E-state index is 12.6. The van der Waals surface area contributed by atoms with Crippen LogP contribution in [0.5, 0.6) is 0 Å². The molecule has 1 aromatic carbocycles. The summed E-state index contributed by atoms with van der Waals surface area (Å²) in [6.07, 6.45) is 1.49. The van der Waals surface area contributed by atoms with Crippen LogP contribution in [-0.2, 0) is 21.8 Å². The third kappa shape index (κ3) is 3.40. The van der Waals surface area contributed by atoms with Crippen LogP contribution in [0.4, 0.5) is 0 Å². The average Bonchev–Trinajstić information content (AvgIpc) is 2.92. The van der Waals surface area contributed by atoms with Crippen molar-refractivity contribution >= 4 is 16.0 Å². The van der Waals surface area contributed by atoms with Crippen LogP contribution >= 0.6 is 0 Å². The van der Waals surface area contributed by atoms with E-state index in [1.165, 1.54) is 31.6 Å². The van der Waals surface area contributed by atoms with Crippen molar-refractivity contribution in [3.63, 3.8) is 0 Å². The number of esters is 1. The van der Waals surface area contributed by atoms with Crippen LogP contribution in [0.15, 0.2) is 29.4 Å². The number of rotatable bonds is 5. The number of carbonyl (C=O) groups excluding carboxylic acids is 1. The molecule has 1 N–H and O–H groups in total. The van der Waals surface area contributed by atoms with Gasteiger partial charge in [0.25, 0.3) is 0 Å². The molecule has 0 saturated heterocycles. The molecule has 0 aliphatic rings. The molecule has 1 heterocycles. The number of hydrogen-bond donors (Lipinski definition) is 1. The number of ether oxygens (including phenoxy) is 1. The molecule has 2 rings (SSSR count). The Morgan fingerprint density at radius 2 is 2.09 bits per heavy atom. The van der Waals surface area contributed by atoms with Crippen LogP contribution in [-0.4, -0.2) is 36.3 Å². The van der Waals surface area contributed by atoms with Gasteiger partial charge in [-0.1, -0.05) is 6.07 Å². The molecule has 2 aromatic rings. The van der Waals surface area contributed by atoms with Gasteiger partial charge in [-0.05, 0) is 31.5 Å². The highest BCUT2D eigenvalue weighted by Crippen LogP contribution is 2.21. The Kier molecular flexibility index (Phi) is 4.81. The lowest BCUT2D eigenvalue weighted by Crippen LogP contribution is -2.29. The number of sulfonamides is 1. The predicted molar refractivity (Wildman–Crippen MR) is 82.3 cm³/mol. The van der Waals surface area contributed by atoms with Gasteiger partial charge in [0.1, 0.15) is 12.2 Å². The highest BCUT2D eigenvalue weighted by Gasteiger charge is 2.24. The van der Waals surface area contributed by atoms with Gasteiger partial charge in [-0.3, -0.25) is 0 Å². The minimum Gasteiger partial charge on any atom is -0.465 e. The van der Waals surface area contributed by atoms with Crippen LogP contribution in [0.2, 0.25) is 0 Å². The van der Waals surface area contributed by atoms with Gasteiger partial charge in [0.2, 0.25) is 10.0 Å². The predicted octanol–water partition coefficient (Wildman–Crippen LogP) is 0.950. The molecule has 8 nitrogen and oxygen atoms in total. The molecule has 9 heteroatoms. The second-order valence-electron chi connectivity index (χ2n) is 5.06. The summed E-state index contributed by atoms with van der Waals surface area (Å²) in [5.74, 6) is -0.101. The Labute approximate surface area is 134 Å². The van der Waals surface area contributed by atoms with Gasteiger partial charge in [0.15, 0.2) is 0 Å². The van der Waals surface area contributed by atoms with Crippen molar-refractivity contribution in [1.82, 2.24) is 19.5 Å². The molecule has 0 saturated carbocycles. The van der Waals surface area contributed by atoms with Crippen molar-refractivity contribution in [2.45, 2.75) is 24.8 Å². The molecule has 0 bridgehead atoms. The molecular weight excluding hydrogens is 320 g/mol. The van der Waals surface area contributed by atoms with Gasteiger partial charge in [-0.2, -0.15) is 0 Å². The van der Waals surface area contributed by atoms with Crippen LogP contribution in [0.25, 0.3) is 0 Å². The lowest BCUT2D eigenvalue weighted by Gasteiger charge is -2.15. The standard InChI is InChI=1S/C14H18N4O4S/c1-9-11(14(19)22-4)6-5-7-12(9)23(20,21)17-10(2)13-16-15-8-18(13)3/h5-8,10,17H,1-4H3/t10-/m0/s1. The van der Waals surface area contributed by atoms with Gasteiger partial charge in [-0.25, -0.2) is 17.9 Å². The van der Waals surface area contributed by atoms with Crippen molar-refractivity contribution < 1.29 is 17.9 Å². The molecule has 0 spiro atoms. The summed E-state index contributed by atoms with van der Waals surface area (Å²) >= 11 is 0. The van der Waals surface area contributed by atoms with E-state index in [4.69, 9.17) is 0 Å². The summed E-state index contributed by atoms with van der Waals surface area (Å²) < 4.78 is 34.1. The third-order valence-electron chi connectivity index (χ3n) is 3.44. The van der Waals surface area contributed by atoms with Gasteiger partial charge < -0.3 is 9.30 Å². The van der Waals surface area contributed by atoms with Gasteiger partial charge in [-0.15, -0.1) is 10.2 Å². The summed E-state index contributed by atoms with van der Waals surface area (Å²) in [4.78, 5) is 11.7. The van der Waals surface area contributed by atoms with Crippen LogP contribution in [0, 0.1) is 6.92 Å². The van der Waals surface area contributed by atoms with E-state index >= 15 is 0 Å². The molecule has 0 aliphatic heterocycles. The lowest BCUT2D eigenvalue weighted by atomic mass is 10.1. The molecule has 0 amide bonds. The van der Waals surface area contributed by atoms with Gasteiger partial charge in [0.05, 0.1) is 23.6 Å². The quantitative estimate of drug-likeness (QED) is 0.814. The second-order valence-corrected chi connectivity index (χ2v) is 6.75. The fourth-order valence-corrected chi connectivity index (χ4v) is 3.74. The molecule has 1 aromatic heterocycles. The zero-order chi connectivity index (χ0) is 17.2. The summed E-state index contributed by atoms with van der Waals surface area (Å²) in [6, 6.07) is 3.88. The summed E-state index contributed by atoms with van der Waals surface area (Å²) in [6.45, 7) is 3.23. The van der Waals surface area contributed by atoms with E-state index in [1.807, 2.05) is 0 Å². The van der Waals surface area contributed by atoms with E-state index in [2.05, 4.69) is 19.7 Å². The Hall–Kier alpha value is -2.26. The smallest absolute Gasteiger partial charge is 0.338 e. The zero-order valence-corrected chi connectivity index (χ0v) is 14.1. The minimum absolute atomic E-state index is 0.0226. The second kappa shape index (κ2) is 6.47. The molecule has 0 aliphatic carbocycles. The first kappa shape index (κ1) is 17.1. The number of aromatic nitrogens is 3. The largest absolute Gasteiger partial charge is 0.465 e. The number of methoxy groups -OCH3 is 1. The minimum atomic E-state index is -3.84. The van der Waals surface area contributed by atoms with E-state index < -0.39 is 22.0 Å². The maximum Gasteiger partial charge on any atom is 0.338 e. The van der Waals surface area contributed by atoms with E-state index in [0.717, 1.165) is 0 Å². The highest BCUT2D eigenvalue weighted by molar-refractivity contribution is 7.89. The van der Waals surface area contributed by atoms with E-state index in [9.17, 15) is 13.2 Å². The number of nitrogens with one attached hydrogen (secondary N) is 1. The molecule has 124 valence electrons. The van der Waals surface area contributed by atoms with Gasteiger partial charge >= 0.3 is 5.97 Å². The Bertz CT molecular complexity index is 829. The van der Waals surface area contributed by atoms with Crippen molar-refractivity contribution in [3.8, 4) is 0 Å². The first-order valence-electron chi connectivity index (χ1n) is 6.82. The molecule has 1 atom stereocenters. The van der Waals surface area contributed by atoms with E-state index in [1.54, 1.807) is 25.5 Å². The Morgan fingerprint density at radius 3 is 2.65 bits per heavy atom.